The van der Waals surface area contributed by atoms with Crippen molar-refractivity contribution in [2.24, 2.45) is 0 Å². The first-order valence-electron chi connectivity index (χ1n) is 6.75. The third-order valence-electron chi connectivity index (χ3n) is 3.77. The lowest BCUT2D eigenvalue weighted by Crippen LogP contribution is -2.41. The Morgan fingerprint density at radius 1 is 1.32 bits per heavy atom. The maximum absolute atomic E-state index is 12.4. The summed E-state index contributed by atoms with van der Waals surface area (Å²) in [7, 11) is 0. The Morgan fingerprint density at radius 3 is 2.79 bits per heavy atom. The SMILES string of the molecule is O=C1/C(=C\c2ccc[nH]2)NC(=S)N1C1CCCCC1. The number of rotatable bonds is 2. The Morgan fingerprint density at radius 2 is 2.11 bits per heavy atom. The zero-order valence-electron chi connectivity index (χ0n) is 10.7. The van der Waals surface area contributed by atoms with Gasteiger partial charge >= 0.3 is 0 Å². The second-order valence-corrected chi connectivity index (χ2v) is 5.47. The highest BCUT2D eigenvalue weighted by molar-refractivity contribution is 7.80. The van der Waals surface area contributed by atoms with Gasteiger partial charge in [0.1, 0.15) is 5.70 Å². The molecule has 1 aliphatic heterocycles. The monoisotopic (exact) mass is 275 g/mol. The van der Waals surface area contributed by atoms with Gasteiger partial charge in [0.15, 0.2) is 5.11 Å². The van der Waals surface area contributed by atoms with Crippen LogP contribution >= 0.6 is 12.2 Å². The van der Waals surface area contributed by atoms with Gasteiger partial charge in [-0.25, -0.2) is 0 Å². The van der Waals surface area contributed by atoms with Gasteiger partial charge in [-0.05, 0) is 43.3 Å². The molecule has 0 unspecified atom stereocenters. The minimum Gasteiger partial charge on any atom is -0.362 e. The predicted molar refractivity (Wildman–Crippen MR) is 78.2 cm³/mol. The van der Waals surface area contributed by atoms with Crippen LogP contribution < -0.4 is 5.32 Å². The first kappa shape index (κ1) is 12.4. The van der Waals surface area contributed by atoms with E-state index in [-0.39, 0.29) is 11.9 Å². The molecule has 4 nitrogen and oxygen atoms in total. The van der Waals surface area contributed by atoms with Crippen LogP contribution in [0.1, 0.15) is 37.8 Å². The summed E-state index contributed by atoms with van der Waals surface area (Å²) in [6.45, 7) is 0. The van der Waals surface area contributed by atoms with Crippen LogP contribution in [-0.4, -0.2) is 26.9 Å². The molecule has 1 saturated heterocycles. The summed E-state index contributed by atoms with van der Waals surface area (Å²) >= 11 is 5.31. The van der Waals surface area contributed by atoms with Crippen LogP contribution in [0.2, 0.25) is 0 Å². The summed E-state index contributed by atoms with van der Waals surface area (Å²) in [6.07, 6.45) is 9.41. The third-order valence-corrected chi connectivity index (χ3v) is 4.07. The maximum Gasteiger partial charge on any atom is 0.276 e. The van der Waals surface area contributed by atoms with Gasteiger partial charge < -0.3 is 10.3 Å². The van der Waals surface area contributed by atoms with Crippen LogP contribution in [0.5, 0.6) is 0 Å². The largest absolute Gasteiger partial charge is 0.362 e. The zero-order valence-corrected chi connectivity index (χ0v) is 11.5. The Kier molecular flexibility index (Phi) is 3.38. The van der Waals surface area contributed by atoms with Gasteiger partial charge in [0.25, 0.3) is 5.91 Å². The Balaban J connectivity index is 1.80. The molecule has 1 amide bonds. The van der Waals surface area contributed by atoms with Crippen LogP contribution in [0.15, 0.2) is 24.0 Å². The fourth-order valence-corrected chi connectivity index (χ4v) is 3.15. The van der Waals surface area contributed by atoms with E-state index in [1.807, 2.05) is 24.4 Å². The van der Waals surface area contributed by atoms with Crippen LogP contribution in [0.4, 0.5) is 0 Å². The highest BCUT2D eigenvalue weighted by Crippen LogP contribution is 2.26. The fourth-order valence-electron chi connectivity index (χ4n) is 2.81. The Hall–Kier alpha value is -1.62. The predicted octanol–water partition coefficient (Wildman–Crippen LogP) is 2.41. The molecule has 100 valence electrons. The number of nitrogens with one attached hydrogen (secondary N) is 2. The summed E-state index contributed by atoms with van der Waals surface area (Å²) in [5.74, 6) is 0.00602. The van der Waals surface area contributed by atoms with Crippen LogP contribution in [0, 0.1) is 0 Å². The van der Waals surface area contributed by atoms with Crippen LogP contribution in [0.25, 0.3) is 6.08 Å². The standard InChI is InChI=1S/C14H17N3OS/c18-13-12(9-10-5-4-8-15-10)16-14(19)17(13)11-6-2-1-3-7-11/h4-5,8-9,11,15H,1-3,6-7H2,(H,16,19)/b12-9+. The molecular weight excluding hydrogens is 258 g/mol. The highest BCUT2D eigenvalue weighted by atomic mass is 32.1. The van der Waals surface area contributed by atoms with Crippen molar-refractivity contribution in [3.63, 3.8) is 0 Å². The van der Waals surface area contributed by atoms with Crippen molar-refractivity contribution in [3.05, 3.63) is 29.7 Å². The first-order chi connectivity index (χ1) is 9.25. The average molecular weight is 275 g/mol. The summed E-state index contributed by atoms with van der Waals surface area (Å²) in [5.41, 5.74) is 1.47. The molecule has 2 fully saturated rings. The van der Waals surface area contributed by atoms with Gasteiger partial charge in [-0.15, -0.1) is 0 Å². The van der Waals surface area contributed by atoms with Crippen LogP contribution in [0.3, 0.4) is 0 Å². The highest BCUT2D eigenvalue weighted by Gasteiger charge is 2.36. The minimum atomic E-state index is 0.00602. The number of carbonyl (C=O) groups is 1. The van der Waals surface area contributed by atoms with Gasteiger partial charge in [0.2, 0.25) is 0 Å². The van der Waals surface area contributed by atoms with Gasteiger partial charge in [-0.3, -0.25) is 9.69 Å². The topological polar surface area (TPSA) is 48.1 Å². The maximum atomic E-state index is 12.4. The number of hydrogen-bond donors (Lipinski definition) is 2. The van der Waals surface area contributed by atoms with E-state index in [4.69, 9.17) is 12.2 Å². The van der Waals surface area contributed by atoms with Crippen molar-refractivity contribution >= 4 is 29.3 Å². The molecule has 0 radical (unpaired) electrons. The van der Waals surface area contributed by atoms with Crippen molar-refractivity contribution in [3.8, 4) is 0 Å². The van der Waals surface area contributed by atoms with Gasteiger partial charge in [0.05, 0.1) is 0 Å². The molecule has 1 aliphatic carbocycles. The van der Waals surface area contributed by atoms with Crippen molar-refractivity contribution in [2.45, 2.75) is 38.1 Å². The van der Waals surface area contributed by atoms with E-state index in [1.54, 1.807) is 4.90 Å². The van der Waals surface area contributed by atoms with E-state index in [1.165, 1.54) is 19.3 Å². The molecule has 19 heavy (non-hydrogen) atoms. The summed E-state index contributed by atoms with van der Waals surface area (Å²) < 4.78 is 0. The normalized spacial score (nSPS) is 23.2. The van der Waals surface area contributed by atoms with Gasteiger partial charge in [-0.1, -0.05) is 19.3 Å². The number of hydrogen-bond acceptors (Lipinski definition) is 2. The number of aromatic nitrogens is 1. The number of amides is 1. The van der Waals surface area contributed by atoms with Crippen molar-refractivity contribution < 1.29 is 4.79 Å². The van der Waals surface area contributed by atoms with Crippen molar-refractivity contribution in [1.82, 2.24) is 15.2 Å². The molecule has 0 aromatic carbocycles. The van der Waals surface area contributed by atoms with E-state index in [2.05, 4.69) is 10.3 Å². The lowest BCUT2D eigenvalue weighted by Gasteiger charge is -2.29. The quantitative estimate of drug-likeness (QED) is 0.643. The molecule has 1 aromatic heterocycles. The molecule has 1 aromatic rings. The summed E-state index contributed by atoms with van der Waals surface area (Å²) in [4.78, 5) is 17.3. The second kappa shape index (κ2) is 5.17. The molecule has 2 N–H and O–H groups in total. The van der Waals surface area contributed by atoms with Gasteiger partial charge in [-0.2, -0.15) is 0 Å². The van der Waals surface area contributed by atoms with E-state index >= 15 is 0 Å². The summed E-state index contributed by atoms with van der Waals surface area (Å²) in [6, 6.07) is 4.10. The first-order valence-corrected chi connectivity index (χ1v) is 7.16. The zero-order chi connectivity index (χ0) is 13.2. The molecule has 2 heterocycles. The molecule has 3 rings (SSSR count). The molecule has 5 heteroatoms. The third kappa shape index (κ3) is 2.42. The van der Waals surface area contributed by atoms with E-state index < -0.39 is 0 Å². The number of nitrogens with zero attached hydrogens (tertiary/aromatic N) is 1. The van der Waals surface area contributed by atoms with Crippen molar-refractivity contribution in [1.29, 1.82) is 0 Å². The smallest absolute Gasteiger partial charge is 0.276 e. The molecule has 0 bridgehead atoms. The molecule has 0 atom stereocenters. The van der Waals surface area contributed by atoms with E-state index in [0.717, 1.165) is 18.5 Å². The Bertz CT molecular complexity index is 515. The number of aromatic amines is 1. The van der Waals surface area contributed by atoms with Gasteiger partial charge in [0, 0.05) is 17.9 Å². The fraction of sp³-hybridized carbons (Fsp3) is 0.429. The second-order valence-electron chi connectivity index (χ2n) is 5.08. The van der Waals surface area contributed by atoms with E-state index in [9.17, 15) is 4.79 Å². The minimum absolute atomic E-state index is 0.00602. The van der Waals surface area contributed by atoms with Crippen molar-refractivity contribution in [2.75, 3.05) is 0 Å². The molecule has 2 aliphatic rings. The number of carbonyl (C=O) groups excluding carboxylic acids is 1. The van der Waals surface area contributed by atoms with Crippen LogP contribution in [-0.2, 0) is 4.79 Å². The molecular formula is C14H17N3OS. The van der Waals surface area contributed by atoms with E-state index in [0.29, 0.717) is 10.8 Å². The number of thiocarbonyl (C=S) groups is 1. The lowest BCUT2D eigenvalue weighted by molar-refractivity contribution is -0.124. The average Bonchev–Trinajstić information content (AvgIpc) is 3.01. The Labute approximate surface area is 117 Å². The molecule has 1 saturated carbocycles. The number of H-pyrrole nitrogens is 1. The molecule has 0 spiro atoms. The lowest BCUT2D eigenvalue weighted by atomic mass is 9.94. The summed E-state index contributed by atoms with van der Waals surface area (Å²) in [5, 5.41) is 3.59.